The molecule has 0 radical (unpaired) electrons. The van der Waals surface area contributed by atoms with Crippen molar-refractivity contribution >= 4 is 5.69 Å². The van der Waals surface area contributed by atoms with Crippen LogP contribution in [0.15, 0.2) is 18.2 Å². The van der Waals surface area contributed by atoms with Crippen LogP contribution in [0.3, 0.4) is 0 Å². The van der Waals surface area contributed by atoms with E-state index in [0.29, 0.717) is 0 Å². The predicted octanol–water partition coefficient (Wildman–Crippen LogP) is 2.25. The van der Waals surface area contributed by atoms with Gasteiger partial charge in [0.2, 0.25) is 0 Å². The first kappa shape index (κ1) is 11.9. The van der Waals surface area contributed by atoms with Gasteiger partial charge in [0.1, 0.15) is 5.75 Å². The molecule has 0 aliphatic heterocycles. The van der Waals surface area contributed by atoms with E-state index in [9.17, 15) is 0 Å². The summed E-state index contributed by atoms with van der Waals surface area (Å²) in [5, 5.41) is 0. The smallest absolute Gasteiger partial charge is 0.142 e. The number of nitrogen functional groups attached to an aromatic ring is 1. The standard InChI is InChI=1S/C12H19NO2/c1-14-9-4-3-6-10-7-5-8-11(15-2)12(10)13/h5,7-8H,3-4,6,9,13H2,1-2H3. The molecule has 0 amide bonds. The molecule has 15 heavy (non-hydrogen) atoms. The summed E-state index contributed by atoms with van der Waals surface area (Å²) in [6.07, 6.45) is 3.13. The van der Waals surface area contributed by atoms with Gasteiger partial charge in [-0.2, -0.15) is 0 Å². The maximum Gasteiger partial charge on any atom is 0.142 e. The summed E-state index contributed by atoms with van der Waals surface area (Å²) in [5.41, 5.74) is 7.87. The molecule has 0 atom stereocenters. The van der Waals surface area contributed by atoms with Crippen LogP contribution in [0.2, 0.25) is 0 Å². The van der Waals surface area contributed by atoms with Gasteiger partial charge in [-0.05, 0) is 30.9 Å². The van der Waals surface area contributed by atoms with Gasteiger partial charge in [0.25, 0.3) is 0 Å². The number of aryl methyl sites for hydroxylation is 1. The Balaban J connectivity index is 2.53. The van der Waals surface area contributed by atoms with Crippen molar-refractivity contribution in [1.29, 1.82) is 0 Å². The Morgan fingerprint density at radius 3 is 2.67 bits per heavy atom. The Hall–Kier alpha value is -1.22. The number of hydrogen-bond donors (Lipinski definition) is 1. The summed E-state index contributed by atoms with van der Waals surface area (Å²) in [6, 6.07) is 5.90. The van der Waals surface area contributed by atoms with E-state index in [0.717, 1.165) is 42.9 Å². The minimum Gasteiger partial charge on any atom is -0.495 e. The third-order valence-corrected chi connectivity index (χ3v) is 2.42. The highest BCUT2D eigenvalue weighted by Crippen LogP contribution is 2.25. The van der Waals surface area contributed by atoms with Gasteiger partial charge in [-0.1, -0.05) is 12.1 Å². The molecule has 0 bridgehead atoms. The summed E-state index contributed by atoms with van der Waals surface area (Å²) in [4.78, 5) is 0. The highest BCUT2D eigenvalue weighted by atomic mass is 16.5. The topological polar surface area (TPSA) is 44.5 Å². The zero-order valence-corrected chi connectivity index (χ0v) is 9.45. The molecule has 0 aromatic heterocycles. The first-order valence-corrected chi connectivity index (χ1v) is 5.20. The molecule has 0 saturated heterocycles. The summed E-state index contributed by atoms with van der Waals surface area (Å²) in [7, 11) is 3.36. The minimum absolute atomic E-state index is 0.761. The Labute approximate surface area is 91.2 Å². The predicted molar refractivity (Wildman–Crippen MR) is 62.2 cm³/mol. The molecule has 0 aliphatic rings. The van der Waals surface area contributed by atoms with E-state index in [1.807, 2.05) is 18.2 Å². The molecular weight excluding hydrogens is 190 g/mol. The van der Waals surface area contributed by atoms with Gasteiger partial charge < -0.3 is 15.2 Å². The fraction of sp³-hybridized carbons (Fsp3) is 0.500. The largest absolute Gasteiger partial charge is 0.495 e. The minimum atomic E-state index is 0.761. The first-order chi connectivity index (χ1) is 7.29. The summed E-state index contributed by atoms with van der Waals surface area (Å²) in [6.45, 7) is 0.809. The first-order valence-electron chi connectivity index (χ1n) is 5.20. The third-order valence-electron chi connectivity index (χ3n) is 2.42. The molecule has 1 aromatic rings. The van der Waals surface area contributed by atoms with Gasteiger partial charge in [0.05, 0.1) is 12.8 Å². The van der Waals surface area contributed by atoms with Crippen molar-refractivity contribution in [3.63, 3.8) is 0 Å². The van der Waals surface area contributed by atoms with E-state index in [-0.39, 0.29) is 0 Å². The van der Waals surface area contributed by atoms with Crippen LogP contribution >= 0.6 is 0 Å². The van der Waals surface area contributed by atoms with Crippen molar-refractivity contribution in [1.82, 2.24) is 0 Å². The van der Waals surface area contributed by atoms with Crippen LogP contribution in [0.5, 0.6) is 5.75 Å². The van der Waals surface area contributed by atoms with E-state index >= 15 is 0 Å². The van der Waals surface area contributed by atoms with Crippen LogP contribution in [-0.2, 0) is 11.2 Å². The summed E-state index contributed by atoms with van der Waals surface area (Å²) >= 11 is 0. The Bertz CT molecular complexity index is 300. The Morgan fingerprint density at radius 2 is 2.00 bits per heavy atom. The number of nitrogens with two attached hydrogens (primary N) is 1. The molecule has 1 rings (SSSR count). The van der Waals surface area contributed by atoms with Gasteiger partial charge in [-0.3, -0.25) is 0 Å². The molecule has 0 heterocycles. The number of rotatable bonds is 6. The van der Waals surface area contributed by atoms with Crippen LogP contribution in [0.4, 0.5) is 5.69 Å². The zero-order chi connectivity index (χ0) is 11.1. The van der Waals surface area contributed by atoms with Gasteiger partial charge in [-0.25, -0.2) is 0 Å². The maximum atomic E-state index is 5.95. The average molecular weight is 209 g/mol. The van der Waals surface area contributed by atoms with Crippen LogP contribution < -0.4 is 10.5 Å². The molecule has 84 valence electrons. The van der Waals surface area contributed by atoms with E-state index < -0.39 is 0 Å². The number of anilines is 1. The normalized spacial score (nSPS) is 10.3. The molecule has 0 spiro atoms. The highest BCUT2D eigenvalue weighted by molar-refractivity contribution is 5.58. The van der Waals surface area contributed by atoms with Gasteiger partial charge >= 0.3 is 0 Å². The van der Waals surface area contributed by atoms with E-state index in [1.165, 1.54) is 0 Å². The molecule has 1 aromatic carbocycles. The molecule has 2 N–H and O–H groups in total. The van der Waals surface area contributed by atoms with E-state index in [1.54, 1.807) is 14.2 Å². The average Bonchev–Trinajstić information content (AvgIpc) is 2.26. The SMILES string of the molecule is COCCCCc1cccc(OC)c1N. The number of para-hydroxylation sites is 1. The second-order valence-corrected chi connectivity index (χ2v) is 3.48. The lowest BCUT2D eigenvalue weighted by atomic mass is 10.1. The molecule has 0 fully saturated rings. The molecule has 0 saturated carbocycles. The van der Waals surface area contributed by atoms with Crippen molar-refractivity contribution in [3.05, 3.63) is 23.8 Å². The quantitative estimate of drug-likeness (QED) is 0.577. The second-order valence-electron chi connectivity index (χ2n) is 3.48. The second kappa shape index (κ2) is 6.30. The number of unbranched alkanes of at least 4 members (excludes halogenated alkanes) is 1. The van der Waals surface area contributed by atoms with Crippen molar-refractivity contribution in [2.24, 2.45) is 0 Å². The number of hydrogen-bond acceptors (Lipinski definition) is 3. The molecular formula is C12H19NO2. The lowest BCUT2D eigenvalue weighted by Crippen LogP contribution is -1.99. The van der Waals surface area contributed by atoms with Crippen LogP contribution in [-0.4, -0.2) is 20.8 Å². The third kappa shape index (κ3) is 3.44. The van der Waals surface area contributed by atoms with E-state index in [4.69, 9.17) is 15.2 Å². The highest BCUT2D eigenvalue weighted by Gasteiger charge is 2.04. The fourth-order valence-corrected chi connectivity index (χ4v) is 1.55. The molecule has 3 heteroatoms. The van der Waals surface area contributed by atoms with Crippen molar-refractivity contribution in [3.8, 4) is 5.75 Å². The molecule has 3 nitrogen and oxygen atoms in total. The summed E-state index contributed by atoms with van der Waals surface area (Å²) < 4.78 is 10.2. The Kier molecular flexibility index (Phi) is 4.98. The monoisotopic (exact) mass is 209 g/mol. The van der Waals surface area contributed by atoms with Crippen LogP contribution in [0.25, 0.3) is 0 Å². The van der Waals surface area contributed by atoms with E-state index in [2.05, 4.69) is 0 Å². The fourth-order valence-electron chi connectivity index (χ4n) is 1.55. The number of benzene rings is 1. The number of ether oxygens (including phenoxy) is 2. The number of methoxy groups -OCH3 is 2. The van der Waals surface area contributed by atoms with Gasteiger partial charge in [0.15, 0.2) is 0 Å². The van der Waals surface area contributed by atoms with Gasteiger partial charge in [-0.15, -0.1) is 0 Å². The lowest BCUT2D eigenvalue weighted by Gasteiger charge is -2.09. The summed E-state index contributed by atoms with van der Waals surface area (Å²) in [5.74, 6) is 0.763. The van der Waals surface area contributed by atoms with Crippen LogP contribution in [0.1, 0.15) is 18.4 Å². The Morgan fingerprint density at radius 1 is 1.20 bits per heavy atom. The van der Waals surface area contributed by atoms with Crippen LogP contribution in [0, 0.1) is 0 Å². The van der Waals surface area contributed by atoms with Crippen molar-refractivity contribution in [2.75, 3.05) is 26.6 Å². The molecule has 0 aliphatic carbocycles. The molecule has 0 unspecified atom stereocenters. The lowest BCUT2D eigenvalue weighted by molar-refractivity contribution is 0.193. The van der Waals surface area contributed by atoms with Gasteiger partial charge in [0, 0.05) is 13.7 Å². The van der Waals surface area contributed by atoms with Crippen molar-refractivity contribution in [2.45, 2.75) is 19.3 Å². The zero-order valence-electron chi connectivity index (χ0n) is 9.45. The van der Waals surface area contributed by atoms with Crippen molar-refractivity contribution < 1.29 is 9.47 Å². The maximum absolute atomic E-state index is 5.95.